The highest BCUT2D eigenvalue weighted by Gasteiger charge is 2.52. The van der Waals surface area contributed by atoms with E-state index in [2.05, 4.69) is 4.18 Å². The summed E-state index contributed by atoms with van der Waals surface area (Å²) in [5, 5.41) is 1.86. The van der Waals surface area contributed by atoms with Gasteiger partial charge < -0.3 is 8.92 Å². The van der Waals surface area contributed by atoms with Gasteiger partial charge in [-0.3, -0.25) is 0 Å². The van der Waals surface area contributed by atoms with E-state index in [1.54, 1.807) is 6.07 Å². The molecule has 5 nitrogen and oxygen atoms in total. The molecule has 0 saturated carbocycles. The lowest BCUT2D eigenvalue weighted by Gasteiger charge is -2.35. The highest BCUT2D eigenvalue weighted by atomic mass is 32.2. The molecule has 1 aliphatic carbocycles. The lowest BCUT2D eigenvalue weighted by atomic mass is 9.72. The molecular formula is C21H19F3O5S. The number of carbonyl (C=O) groups excluding carboxylic acids is 1. The van der Waals surface area contributed by atoms with Crippen molar-refractivity contribution in [2.75, 3.05) is 7.11 Å². The molecule has 1 unspecified atom stereocenters. The normalized spacial score (nSPS) is 19.8. The molecule has 0 heterocycles. The van der Waals surface area contributed by atoms with E-state index in [0.29, 0.717) is 5.56 Å². The Kier molecular flexibility index (Phi) is 5.68. The standard InChI is InChI=1S/C21H19F3O5S/c1-20(13-14-10-11-15-6-3-4-7-16(15)12-14)17(19(25)28-2)8-5-9-18(20)29-30(26,27)21(22,23)24/h3-4,6-12H,5,13H2,1-2H3. The van der Waals surface area contributed by atoms with Crippen molar-refractivity contribution in [3.8, 4) is 0 Å². The average Bonchev–Trinajstić information content (AvgIpc) is 2.68. The number of esters is 1. The van der Waals surface area contributed by atoms with Crippen LogP contribution in [0.15, 0.2) is 65.9 Å². The van der Waals surface area contributed by atoms with Gasteiger partial charge in [0.05, 0.1) is 12.5 Å². The number of halogens is 3. The maximum atomic E-state index is 12.9. The number of alkyl halides is 3. The first-order chi connectivity index (χ1) is 14.0. The molecule has 2 aromatic rings. The number of allylic oxidation sites excluding steroid dienone is 3. The SMILES string of the molecule is COC(=O)C1=CCC=C(OS(=O)(=O)C(F)(F)F)C1(C)Cc1ccc2ccccc2c1. The van der Waals surface area contributed by atoms with Crippen LogP contribution in [0.2, 0.25) is 0 Å². The third-order valence-electron chi connectivity index (χ3n) is 5.02. The van der Waals surface area contributed by atoms with Gasteiger partial charge in [0.25, 0.3) is 0 Å². The molecule has 0 amide bonds. The van der Waals surface area contributed by atoms with E-state index in [1.165, 1.54) is 19.1 Å². The number of ether oxygens (including phenoxy) is 1. The van der Waals surface area contributed by atoms with Crippen molar-refractivity contribution in [1.82, 2.24) is 0 Å². The zero-order valence-corrected chi connectivity index (χ0v) is 17.0. The lowest BCUT2D eigenvalue weighted by Crippen LogP contribution is -2.36. The number of methoxy groups -OCH3 is 1. The molecule has 3 rings (SSSR count). The van der Waals surface area contributed by atoms with Crippen LogP contribution < -0.4 is 0 Å². The molecular weight excluding hydrogens is 421 g/mol. The topological polar surface area (TPSA) is 69.7 Å². The summed E-state index contributed by atoms with van der Waals surface area (Å²) in [6.07, 6.45) is 2.79. The monoisotopic (exact) mass is 440 g/mol. The first-order valence-electron chi connectivity index (χ1n) is 8.96. The lowest BCUT2D eigenvalue weighted by molar-refractivity contribution is -0.137. The van der Waals surface area contributed by atoms with Gasteiger partial charge in [0.2, 0.25) is 0 Å². The van der Waals surface area contributed by atoms with Crippen molar-refractivity contribution in [3.63, 3.8) is 0 Å². The van der Waals surface area contributed by atoms with Crippen LogP contribution in [0.4, 0.5) is 13.2 Å². The number of hydrogen-bond donors (Lipinski definition) is 0. The molecule has 30 heavy (non-hydrogen) atoms. The van der Waals surface area contributed by atoms with Gasteiger partial charge >= 0.3 is 21.6 Å². The molecule has 9 heteroatoms. The third-order valence-corrected chi connectivity index (χ3v) is 5.99. The highest BCUT2D eigenvalue weighted by Crippen LogP contribution is 2.45. The van der Waals surface area contributed by atoms with Crippen LogP contribution in [-0.4, -0.2) is 27.0 Å². The fraction of sp³-hybridized carbons (Fsp3) is 0.286. The van der Waals surface area contributed by atoms with Crippen LogP contribution >= 0.6 is 0 Å². The van der Waals surface area contributed by atoms with Crippen LogP contribution in [-0.2, 0) is 30.3 Å². The minimum atomic E-state index is -5.90. The summed E-state index contributed by atoms with van der Waals surface area (Å²) < 4.78 is 71.3. The van der Waals surface area contributed by atoms with Gasteiger partial charge in [-0.15, -0.1) is 0 Å². The van der Waals surface area contributed by atoms with Gasteiger partial charge in [-0.25, -0.2) is 4.79 Å². The fourth-order valence-electron chi connectivity index (χ4n) is 3.52. The predicted octanol–water partition coefficient (Wildman–Crippen LogP) is 4.64. The Bertz CT molecular complexity index is 1150. The van der Waals surface area contributed by atoms with Crippen LogP contribution in [0.1, 0.15) is 18.9 Å². The fourth-order valence-corrected chi connectivity index (χ4v) is 4.10. The Balaban J connectivity index is 2.06. The minimum absolute atomic E-state index is 0.0258. The summed E-state index contributed by atoms with van der Waals surface area (Å²) in [6, 6.07) is 13.0. The number of carbonyl (C=O) groups is 1. The summed E-state index contributed by atoms with van der Waals surface area (Å²) in [4.78, 5) is 12.3. The smallest absolute Gasteiger partial charge is 0.466 e. The summed E-state index contributed by atoms with van der Waals surface area (Å²) in [6.45, 7) is 1.46. The van der Waals surface area contributed by atoms with E-state index >= 15 is 0 Å². The summed E-state index contributed by atoms with van der Waals surface area (Å²) >= 11 is 0. The van der Waals surface area contributed by atoms with Crippen molar-refractivity contribution in [2.45, 2.75) is 25.3 Å². The minimum Gasteiger partial charge on any atom is -0.466 e. The Hall–Kier alpha value is -2.81. The Morgan fingerprint density at radius 1 is 1.10 bits per heavy atom. The van der Waals surface area contributed by atoms with Crippen LogP contribution in [0.3, 0.4) is 0 Å². The molecule has 160 valence electrons. The second-order valence-corrected chi connectivity index (χ2v) is 8.62. The van der Waals surface area contributed by atoms with E-state index in [1.807, 2.05) is 36.4 Å². The molecule has 0 aliphatic heterocycles. The van der Waals surface area contributed by atoms with Gasteiger partial charge in [-0.05, 0) is 42.2 Å². The van der Waals surface area contributed by atoms with Crippen molar-refractivity contribution in [3.05, 3.63) is 71.5 Å². The zero-order valence-electron chi connectivity index (χ0n) is 16.2. The summed E-state index contributed by atoms with van der Waals surface area (Å²) in [5.74, 6) is -1.23. The molecule has 1 atom stereocenters. The second-order valence-electron chi connectivity index (χ2n) is 7.09. The molecule has 1 aliphatic rings. The van der Waals surface area contributed by atoms with Gasteiger partial charge in [0.1, 0.15) is 5.76 Å². The van der Waals surface area contributed by atoms with Crippen molar-refractivity contribution in [1.29, 1.82) is 0 Å². The maximum Gasteiger partial charge on any atom is 0.534 e. The predicted molar refractivity (Wildman–Crippen MR) is 105 cm³/mol. The Labute approximate surface area is 171 Å². The van der Waals surface area contributed by atoms with Crippen molar-refractivity contribution < 1.29 is 35.3 Å². The second kappa shape index (κ2) is 7.79. The first kappa shape index (κ1) is 21.9. The molecule has 0 bridgehead atoms. The Morgan fingerprint density at radius 2 is 1.77 bits per heavy atom. The van der Waals surface area contributed by atoms with Gasteiger partial charge in [-0.2, -0.15) is 21.6 Å². The van der Waals surface area contributed by atoms with E-state index in [0.717, 1.165) is 17.9 Å². The number of benzene rings is 2. The van der Waals surface area contributed by atoms with E-state index in [4.69, 9.17) is 4.74 Å². The quantitative estimate of drug-likeness (QED) is 0.385. The highest BCUT2D eigenvalue weighted by molar-refractivity contribution is 7.87. The summed E-state index contributed by atoms with van der Waals surface area (Å²) in [5.41, 5.74) is -6.35. The molecule has 0 N–H and O–H groups in total. The molecule has 2 aromatic carbocycles. The molecule has 0 radical (unpaired) electrons. The number of hydrogen-bond acceptors (Lipinski definition) is 5. The molecule has 0 fully saturated rings. The van der Waals surface area contributed by atoms with Gasteiger partial charge in [-0.1, -0.05) is 48.5 Å². The molecule has 0 spiro atoms. The van der Waals surface area contributed by atoms with Crippen LogP contribution in [0, 0.1) is 5.41 Å². The number of rotatable bonds is 5. The van der Waals surface area contributed by atoms with Crippen LogP contribution in [0.5, 0.6) is 0 Å². The zero-order chi connectivity index (χ0) is 22.2. The third kappa shape index (κ3) is 4.07. The average molecular weight is 440 g/mol. The van der Waals surface area contributed by atoms with E-state index < -0.39 is 32.8 Å². The summed E-state index contributed by atoms with van der Waals surface area (Å²) in [7, 11) is -4.76. The van der Waals surface area contributed by atoms with Gasteiger partial charge in [0, 0.05) is 5.57 Å². The van der Waals surface area contributed by atoms with E-state index in [9.17, 15) is 26.4 Å². The first-order valence-corrected chi connectivity index (χ1v) is 10.4. The molecule has 0 aromatic heterocycles. The van der Waals surface area contributed by atoms with Crippen molar-refractivity contribution in [2.24, 2.45) is 5.41 Å². The van der Waals surface area contributed by atoms with Crippen LogP contribution in [0.25, 0.3) is 10.8 Å². The van der Waals surface area contributed by atoms with Crippen molar-refractivity contribution >= 4 is 26.9 Å². The Morgan fingerprint density at radius 3 is 2.40 bits per heavy atom. The van der Waals surface area contributed by atoms with Gasteiger partial charge in [0.15, 0.2) is 0 Å². The largest absolute Gasteiger partial charge is 0.534 e. The molecule has 0 saturated heterocycles. The van der Waals surface area contributed by atoms with E-state index in [-0.39, 0.29) is 18.4 Å². The maximum absolute atomic E-state index is 12.9. The number of fused-ring (bicyclic) bond motifs is 1.